The van der Waals surface area contributed by atoms with Gasteiger partial charge in [0.2, 0.25) is 0 Å². The number of rotatable bonds is 5. The van der Waals surface area contributed by atoms with Crippen LogP contribution in [0.1, 0.15) is 13.8 Å². The van der Waals surface area contributed by atoms with Gasteiger partial charge in [0.25, 0.3) is 0 Å². The first-order chi connectivity index (χ1) is 6.74. The number of hydrogen-bond donors (Lipinski definition) is 1. The van der Waals surface area contributed by atoms with E-state index < -0.39 is 0 Å². The van der Waals surface area contributed by atoms with E-state index >= 15 is 0 Å². The number of thioether (sulfide) groups is 1. The highest BCUT2D eigenvalue weighted by atomic mass is 32.2. The van der Waals surface area contributed by atoms with Crippen LogP contribution in [0.15, 0.2) is 23.6 Å². The van der Waals surface area contributed by atoms with Gasteiger partial charge in [-0.2, -0.15) is 12.6 Å². The summed E-state index contributed by atoms with van der Waals surface area (Å²) < 4.78 is 0. The fraction of sp³-hybridized carbons (Fsp3) is 0.600. The number of thiol groups is 1. The monoisotopic (exact) mass is 228 g/mol. The summed E-state index contributed by atoms with van der Waals surface area (Å²) in [4.78, 5) is 8.06. The summed E-state index contributed by atoms with van der Waals surface area (Å²) in [5, 5.41) is 1.05. The second-order valence-electron chi connectivity index (χ2n) is 3.55. The molecule has 0 saturated heterocycles. The molecule has 0 aliphatic heterocycles. The second-order valence-corrected chi connectivity index (χ2v) is 4.95. The minimum absolute atomic E-state index is 0.651. The minimum Gasteiger partial charge on any atom is -0.245 e. The SMILES string of the molecule is CC(C)C(CS)CSc1ccncn1. The van der Waals surface area contributed by atoms with Crippen molar-refractivity contribution in [3.8, 4) is 0 Å². The normalized spacial score (nSPS) is 13.1. The lowest BCUT2D eigenvalue weighted by atomic mass is 10.0. The zero-order chi connectivity index (χ0) is 10.4. The van der Waals surface area contributed by atoms with Crippen LogP contribution < -0.4 is 0 Å². The number of aromatic nitrogens is 2. The topological polar surface area (TPSA) is 25.8 Å². The van der Waals surface area contributed by atoms with Crippen LogP contribution in [0.3, 0.4) is 0 Å². The van der Waals surface area contributed by atoms with Gasteiger partial charge in [-0.25, -0.2) is 9.97 Å². The van der Waals surface area contributed by atoms with Gasteiger partial charge in [-0.05, 0) is 23.7 Å². The molecule has 0 saturated carbocycles. The minimum atomic E-state index is 0.651. The van der Waals surface area contributed by atoms with Gasteiger partial charge < -0.3 is 0 Å². The predicted octanol–water partition coefficient (Wildman–Crippen LogP) is 2.77. The predicted molar refractivity (Wildman–Crippen MR) is 64.9 cm³/mol. The molecule has 0 aliphatic rings. The van der Waals surface area contributed by atoms with Gasteiger partial charge in [0.15, 0.2) is 0 Å². The Morgan fingerprint density at radius 3 is 2.79 bits per heavy atom. The van der Waals surface area contributed by atoms with Crippen molar-refractivity contribution < 1.29 is 0 Å². The average molecular weight is 228 g/mol. The molecule has 0 radical (unpaired) electrons. The van der Waals surface area contributed by atoms with E-state index in [0.29, 0.717) is 11.8 Å². The summed E-state index contributed by atoms with van der Waals surface area (Å²) in [5.41, 5.74) is 0. The third-order valence-corrected chi connectivity index (χ3v) is 3.78. The highest BCUT2D eigenvalue weighted by molar-refractivity contribution is 7.99. The lowest BCUT2D eigenvalue weighted by Crippen LogP contribution is -2.13. The van der Waals surface area contributed by atoms with Crippen LogP contribution in [-0.4, -0.2) is 21.5 Å². The molecule has 0 aliphatic carbocycles. The standard InChI is InChI=1S/C10H16N2S2/c1-8(2)9(5-13)6-14-10-3-4-11-7-12-10/h3-4,7-9,13H,5-6H2,1-2H3. The average Bonchev–Trinajstić information content (AvgIpc) is 2.20. The number of nitrogens with zero attached hydrogens (tertiary/aromatic N) is 2. The molecule has 0 fully saturated rings. The maximum absolute atomic E-state index is 4.36. The van der Waals surface area contributed by atoms with Crippen LogP contribution in [-0.2, 0) is 0 Å². The van der Waals surface area contributed by atoms with Gasteiger partial charge in [-0.1, -0.05) is 13.8 Å². The molecule has 2 nitrogen and oxygen atoms in total. The van der Waals surface area contributed by atoms with Crippen molar-refractivity contribution in [2.75, 3.05) is 11.5 Å². The van der Waals surface area contributed by atoms with Crippen LogP contribution in [0.2, 0.25) is 0 Å². The van der Waals surface area contributed by atoms with Crippen LogP contribution >= 0.6 is 24.4 Å². The molecule has 0 amide bonds. The Kier molecular flexibility index (Phi) is 5.33. The Morgan fingerprint density at radius 1 is 1.50 bits per heavy atom. The highest BCUT2D eigenvalue weighted by Crippen LogP contribution is 2.22. The lowest BCUT2D eigenvalue weighted by molar-refractivity contribution is 0.473. The molecule has 1 heterocycles. The fourth-order valence-corrected chi connectivity index (χ4v) is 2.90. The molecular formula is C10H16N2S2. The van der Waals surface area contributed by atoms with Crippen molar-refractivity contribution >= 4 is 24.4 Å². The van der Waals surface area contributed by atoms with E-state index in [2.05, 4.69) is 36.4 Å². The Bertz CT molecular complexity index is 252. The zero-order valence-corrected chi connectivity index (χ0v) is 10.3. The van der Waals surface area contributed by atoms with Crippen molar-refractivity contribution in [1.82, 2.24) is 9.97 Å². The molecule has 0 N–H and O–H groups in total. The fourth-order valence-electron chi connectivity index (χ4n) is 1.01. The summed E-state index contributed by atoms with van der Waals surface area (Å²) in [6.07, 6.45) is 3.37. The van der Waals surface area contributed by atoms with E-state index in [1.807, 2.05) is 6.07 Å². The van der Waals surface area contributed by atoms with Gasteiger partial charge >= 0.3 is 0 Å². The number of hydrogen-bond acceptors (Lipinski definition) is 4. The summed E-state index contributed by atoms with van der Waals surface area (Å²) in [6, 6.07) is 1.95. The quantitative estimate of drug-likeness (QED) is 0.477. The highest BCUT2D eigenvalue weighted by Gasteiger charge is 2.11. The molecule has 0 aromatic carbocycles. The molecule has 1 aromatic heterocycles. The Balaban J connectivity index is 2.40. The van der Waals surface area contributed by atoms with Crippen molar-refractivity contribution in [2.45, 2.75) is 18.9 Å². The molecule has 4 heteroatoms. The molecule has 1 unspecified atom stereocenters. The third kappa shape index (κ3) is 3.88. The van der Waals surface area contributed by atoms with E-state index in [4.69, 9.17) is 0 Å². The maximum Gasteiger partial charge on any atom is 0.116 e. The van der Waals surface area contributed by atoms with Crippen LogP contribution in [0.5, 0.6) is 0 Å². The van der Waals surface area contributed by atoms with Gasteiger partial charge in [-0.3, -0.25) is 0 Å². The largest absolute Gasteiger partial charge is 0.245 e. The second kappa shape index (κ2) is 6.30. The summed E-state index contributed by atoms with van der Waals surface area (Å²) in [6.45, 7) is 4.48. The van der Waals surface area contributed by atoms with Gasteiger partial charge in [-0.15, -0.1) is 11.8 Å². The molecule has 0 spiro atoms. The first-order valence-electron chi connectivity index (χ1n) is 4.73. The Hall–Kier alpha value is -0.220. The maximum atomic E-state index is 4.36. The van der Waals surface area contributed by atoms with Crippen molar-refractivity contribution in [1.29, 1.82) is 0 Å². The van der Waals surface area contributed by atoms with Crippen LogP contribution in [0, 0.1) is 11.8 Å². The summed E-state index contributed by atoms with van der Waals surface area (Å²) in [5.74, 6) is 3.36. The van der Waals surface area contributed by atoms with Crippen molar-refractivity contribution in [3.05, 3.63) is 18.6 Å². The van der Waals surface area contributed by atoms with Crippen molar-refractivity contribution in [3.63, 3.8) is 0 Å². The molecule has 1 aromatic rings. The molecule has 78 valence electrons. The van der Waals surface area contributed by atoms with Crippen LogP contribution in [0.4, 0.5) is 0 Å². The molecule has 14 heavy (non-hydrogen) atoms. The van der Waals surface area contributed by atoms with Gasteiger partial charge in [0.1, 0.15) is 6.33 Å². The third-order valence-electron chi connectivity index (χ3n) is 2.18. The smallest absolute Gasteiger partial charge is 0.116 e. The lowest BCUT2D eigenvalue weighted by Gasteiger charge is -2.17. The van der Waals surface area contributed by atoms with E-state index in [-0.39, 0.29) is 0 Å². The molecule has 0 bridgehead atoms. The summed E-state index contributed by atoms with van der Waals surface area (Å²) >= 11 is 6.14. The van der Waals surface area contributed by atoms with E-state index in [9.17, 15) is 0 Å². The Morgan fingerprint density at radius 2 is 2.29 bits per heavy atom. The first kappa shape index (κ1) is 11.9. The first-order valence-corrected chi connectivity index (χ1v) is 6.35. The molecular weight excluding hydrogens is 212 g/mol. The van der Waals surface area contributed by atoms with Crippen molar-refractivity contribution in [2.24, 2.45) is 11.8 Å². The van der Waals surface area contributed by atoms with E-state index in [0.717, 1.165) is 16.5 Å². The Labute approximate surface area is 95.3 Å². The van der Waals surface area contributed by atoms with Gasteiger partial charge in [0.05, 0.1) is 5.03 Å². The molecule has 1 rings (SSSR count). The summed E-state index contributed by atoms with van der Waals surface area (Å²) in [7, 11) is 0. The zero-order valence-electron chi connectivity index (χ0n) is 8.55. The van der Waals surface area contributed by atoms with E-state index in [1.54, 1.807) is 24.3 Å². The van der Waals surface area contributed by atoms with E-state index in [1.165, 1.54) is 0 Å². The van der Waals surface area contributed by atoms with Crippen LogP contribution in [0.25, 0.3) is 0 Å². The van der Waals surface area contributed by atoms with Gasteiger partial charge in [0, 0.05) is 11.9 Å². The molecule has 1 atom stereocenters.